The molecule has 0 bridgehead atoms. The molecule has 114 valence electrons. The van der Waals surface area contributed by atoms with Crippen molar-refractivity contribution in [3.63, 3.8) is 0 Å². The monoisotopic (exact) mass is 371 g/mol. The van der Waals surface area contributed by atoms with E-state index in [2.05, 4.69) is 94.8 Å². The number of hydrogen-bond donors (Lipinski definition) is 0. The lowest BCUT2D eigenvalue weighted by Gasteiger charge is -2.19. The molecule has 3 aromatic rings. The van der Waals surface area contributed by atoms with Gasteiger partial charge in [-0.2, -0.15) is 0 Å². The van der Waals surface area contributed by atoms with E-state index in [1.165, 1.54) is 27.1 Å². The molecule has 0 saturated carbocycles. The first-order chi connectivity index (χ1) is 11.8. The molecule has 1 unspecified atom stereocenters. The minimum absolute atomic E-state index is 0.244. The van der Waals surface area contributed by atoms with E-state index in [1.54, 1.807) is 0 Å². The second-order valence-corrected chi connectivity index (χ2v) is 7.09. The number of benzene rings is 3. The highest BCUT2D eigenvalue weighted by molar-refractivity contribution is 9.10. The molecule has 0 spiro atoms. The summed E-state index contributed by atoms with van der Waals surface area (Å²) < 4.78 is 1.11. The Morgan fingerprint density at radius 3 is 2.58 bits per heavy atom. The molecule has 0 amide bonds. The predicted molar refractivity (Wildman–Crippen MR) is 102 cm³/mol. The van der Waals surface area contributed by atoms with Crippen LogP contribution in [0, 0.1) is 0 Å². The zero-order valence-electron chi connectivity index (χ0n) is 12.9. The van der Waals surface area contributed by atoms with Gasteiger partial charge in [0.25, 0.3) is 0 Å². The fourth-order valence-electron chi connectivity index (χ4n) is 3.70. The van der Waals surface area contributed by atoms with Gasteiger partial charge < -0.3 is 0 Å². The number of halogens is 1. The summed E-state index contributed by atoms with van der Waals surface area (Å²) in [5, 5.41) is 4.93. The molecule has 0 N–H and O–H groups in total. The summed E-state index contributed by atoms with van der Waals surface area (Å²) in [6.45, 7) is 0. The van der Waals surface area contributed by atoms with Crippen LogP contribution in [0.15, 0.2) is 94.1 Å². The average molecular weight is 372 g/mol. The minimum atomic E-state index is 0.244. The lowest BCUT2D eigenvalue weighted by Crippen LogP contribution is -2.25. The fourth-order valence-corrected chi connectivity index (χ4v) is 3.96. The van der Waals surface area contributed by atoms with Gasteiger partial charge in [-0.3, -0.25) is 0 Å². The van der Waals surface area contributed by atoms with Crippen molar-refractivity contribution in [1.29, 1.82) is 0 Å². The van der Waals surface area contributed by atoms with Crippen molar-refractivity contribution in [2.75, 3.05) is 0 Å². The molecule has 3 aromatic carbocycles. The van der Waals surface area contributed by atoms with Crippen molar-refractivity contribution in [2.24, 2.45) is 4.99 Å². The minimum Gasteiger partial charge on any atom is -0.248 e. The fraction of sp³-hybridized carbons (Fsp3) is 0.0455. The molecule has 24 heavy (non-hydrogen) atoms. The molecular formula is C22H14BrN. The van der Waals surface area contributed by atoms with Crippen molar-refractivity contribution in [1.82, 2.24) is 0 Å². The van der Waals surface area contributed by atoms with Crippen LogP contribution in [0.1, 0.15) is 11.5 Å². The molecular weight excluding hydrogens is 358 g/mol. The predicted octanol–water partition coefficient (Wildman–Crippen LogP) is 4.62. The Balaban J connectivity index is 1.87. The number of allylic oxidation sites excluding steroid dienone is 4. The third-order valence-electron chi connectivity index (χ3n) is 4.79. The third-order valence-corrected chi connectivity index (χ3v) is 5.32. The Labute approximate surface area is 148 Å². The van der Waals surface area contributed by atoms with Crippen LogP contribution < -0.4 is 10.6 Å². The molecule has 1 atom stereocenters. The zero-order chi connectivity index (χ0) is 16.1. The maximum absolute atomic E-state index is 4.88. The van der Waals surface area contributed by atoms with E-state index < -0.39 is 0 Å². The van der Waals surface area contributed by atoms with Crippen molar-refractivity contribution >= 4 is 32.3 Å². The van der Waals surface area contributed by atoms with Crippen LogP contribution in [0.25, 0.3) is 16.3 Å². The molecule has 1 aliphatic carbocycles. The largest absolute Gasteiger partial charge is 0.248 e. The van der Waals surface area contributed by atoms with Crippen molar-refractivity contribution < 1.29 is 0 Å². The van der Waals surface area contributed by atoms with E-state index in [-0.39, 0.29) is 5.92 Å². The third kappa shape index (κ3) is 2.03. The van der Waals surface area contributed by atoms with Crippen molar-refractivity contribution in [2.45, 2.75) is 5.92 Å². The molecule has 5 rings (SSSR count). The van der Waals surface area contributed by atoms with Gasteiger partial charge in [-0.1, -0.05) is 70.5 Å². The number of hydrogen-bond acceptors (Lipinski definition) is 1. The molecule has 1 heterocycles. The van der Waals surface area contributed by atoms with Crippen LogP contribution in [-0.2, 0) is 0 Å². The van der Waals surface area contributed by atoms with Crippen molar-refractivity contribution in [3.05, 3.63) is 105 Å². The van der Waals surface area contributed by atoms with Crippen LogP contribution in [0.3, 0.4) is 0 Å². The zero-order valence-corrected chi connectivity index (χ0v) is 14.5. The Morgan fingerprint density at radius 2 is 1.71 bits per heavy atom. The highest BCUT2D eigenvalue weighted by Crippen LogP contribution is 2.36. The maximum atomic E-state index is 4.88. The summed E-state index contributed by atoms with van der Waals surface area (Å²) in [6, 6.07) is 21.5. The van der Waals surface area contributed by atoms with Crippen molar-refractivity contribution in [3.8, 4) is 0 Å². The summed E-state index contributed by atoms with van der Waals surface area (Å²) >= 11 is 3.53. The quantitative estimate of drug-likeness (QED) is 0.591. The normalized spacial score (nSPS) is 18.1. The SMILES string of the molecule is Brc1ccc(C2C=CC=C3N=c4ccc5ccccc5c4=C32)cc1. The second-order valence-electron chi connectivity index (χ2n) is 6.17. The molecule has 1 aliphatic heterocycles. The average Bonchev–Trinajstić information content (AvgIpc) is 3.01. The van der Waals surface area contributed by atoms with Gasteiger partial charge in [0.2, 0.25) is 0 Å². The van der Waals surface area contributed by atoms with Crippen LogP contribution >= 0.6 is 15.9 Å². The van der Waals surface area contributed by atoms with E-state index in [0.717, 1.165) is 15.5 Å². The van der Waals surface area contributed by atoms with Crippen LogP contribution in [-0.4, -0.2) is 0 Å². The first-order valence-corrected chi connectivity index (χ1v) is 8.85. The van der Waals surface area contributed by atoms with Gasteiger partial charge in [-0.15, -0.1) is 0 Å². The lowest BCUT2D eigenvalue weighted by atomic mass is 9.85. The standard InChI is InChI=1S/C22H14BrN/c23-16-11-8-15(9-12-16)18-6-3-7-19-21(18)22-17-5-2-1-4-14(17)10-13-20(22)24-19/h1-13,18H. The van der Waals surface area contributed by atoms with E-state index >= 15 is 0 Å². The van der Waals surface area contributed by atoms with Gasteiger partial charge in [-0.05, 0) is 46.2 Å². The first-order valence-electron chi connectivity index (χ1n) is 8.06. The first kappa shape index (κ1) is 13.9. The Kier molecular flexibility index (Phi) is 3.07. The highest BCUT2D eigenvalue weighted by Gasteiger charge is 2.25. The number of rotatable bonds is 1. The second kappa shape index (κ2) is 5.29. The molecule has 0 aromatic heterocycles. The molecule has 2 aliphatic rings. The van der Waals surface area contributed by atoms with E-state index in [0.29, 0.717) is 0 Å². The maximum Gasteiger partial charge on any atom is 0.0719 e. The number of fused-ring (bicyclic) bond motifs is 4. The summed E-state index contributed by atoms with van der Waals surface area (Å²) in [5.41, 5.74) is 3.72. The van der Waals surface area contributed by atoms with E-state index in [4.69, 9.17) is 4.99 Å². The van der Waals surface area contributed by atoms with E-state index in [1.807, 2.05) is 0 Å². The van der Waals surface area contributed by atoms with Gasteiger partial charge >= 0.3 is 0 Å². The van der Waals surface area contributed by atoms with Gasteiger partial charge in [0.1, 0.15) is 0 Å². The van der Waals surface area contributed by atoms with Gasteiger partial charge in [0, 0.05) is 15.6 Å². The molecule has 2 heteroatoms. The summed E-state index contributed by atoms with van der Waals surface area (Å²) in [7, 11) is 0. The molecule has 0 saturated heterocycles. The Bertz CT molecular complexity index is 1150. The summed E-state index contributed by atoms with van der Waals surface area (Å²) in [6.07, 6.45) is 6.52. The summed E-state index contributed by atoms with van der Waals surface area (Å²) in [4.78, 5) is 4.88. The number of nitrogens with zero attached hydrogens (tertiary/aromatic N) is 1. The molecule has 1 nitrogen and oxygen atoms in total. The van der Waals surface area contributed by atoms with Crippen LogP contribution in [0.5, 0.6) is 0 Å². The van der Waals surface area contributed by atoms with Crippen LogP contribution in [0.4, 0.5) is 0 Å². The highest BCUT2D eigenvalue weighted by atomic mass is 79.9. The van der Waals surface area contributed by atoms with Crippen LogP contribution in [0.2, 0.25) is 0 Å². The topological polar surface area (TPSA) is 12.4 Å². The molecule has 0 radical (unpaired) electrons. The van der Waals surface area contributed by atoms with E-state index in [9.17, 15) is 0 Å². The Morgan fingerprint density at radius 1 is 0.875 bits per heavy atom. The Hall–Kier alpha value is -2.45. The van der Waals surface area contributed by atoms with Gasteiger partial charge in [0.15, 0.2) is 0 Å². The summed E-state index contributed by atoms with van der Waals surface area (Å²) in [5.74, 6) is 0.244. The van der Waals surface area contributed by atoms with Gasteiger partial charge in [0.05, 0.1) is 11.1 Å². The van der Waals surface area contributed by atoms with Gasteiger partial charge in [-0.25, -0.2) is 4.99 Å². The molecule has 0 fully saturated rings. The lowest BCUT2D eigenvalue weighted by molar-refractivity contribution is 1.07. The smallest absolute Gasteiger partial charge is 0.0719 e.